The lowest BCUT2D eigenvalue weighted by Gasteiger charge is -2.20. The van der Waals surface area contributed by atoms with Crippen molar-refractivity contribution in [1.82, 2.24) is 9.97 Å². The predicted molar refractivity (Wildman–Crippen MR) is 74.9 cm³/mol. The van der Waals surface area contributed by atoms with Gasteiger partial charge in [-0.05, 0) is 13.3 Å². The molecule has 0 aliphatic rings. The van der Waals surface area contributed by atoms with Crippen LogP contribution in [-0.2, 0) is 11.2 Å². The Morgan fingerprint density at radius 2 is 2.05 bits per heavy atom. The molecule has 108 valence electrons. The van der Waals surface area contributed by atoms with E-state index < -0.39 is 0 Å². The number of hydrazine groups is 1. The van der Waals surface area contributed by atoms with E-state index in [0.717, 1.165) is 17.8 Å². The van der Waals surface area contributed by atoms with E-state index in [2.05, 4.69) is 20.7 Å². The third-order valence-corrected chi connectivity index (χ3v) is 2.83. The van der Waals surface area contributed by atoms with E-state index in [0.29, 0.717) is 24.7 Å². The van der Waals surface area contributed by atoms with Crippen molar-refractivity contribution in [2.24, 2.45) is 5.84 Å². The van der Waals surface area contributed by atoms with Gasteiger partial charge in [-0.3, -0.25) is 0 Å². The average molecular weight is 269 g/mol. The highest BCUT2D eigenvalue weighted by Gasteiger charge is 2.14. The van der Waals surface area contributed by atoms with Crippen LogP contribution in [-0.4, -0.2) is 41.4 Å². The number of aliphatic hydroxyl groups excluding tert-OH is 1. The maximum Gasteiger partial charge on any atom is 0.148 e. The van der Waals surface area contributed by atoms with E-state index in [1.165, 1.54) is 0 Å². The molecular weight excluding hydrogens is 246 g/mol. The van der Waals surface area contributed by atoms with Crippen LogP contribution in [0.4, 0.5) is 11.6 Å². The molecule has 0 saturated heterocycles. The molecule has 0 aliphatic heterocycles. The fourth-order valence-electron chi connectivity index (χ4n) is 1.75. The number of hydrogen-bond acceptors (Lipinski definition) is 7. The molecule has 0 aliphatic carbocycles. The second kappa shape index (κ2) is 7.88. The number of aromatic nitrogens is 2. The third kappa shape index (κ3) is 4.30. The minimum Gasteiger partial charge on any atom is -0.396 e. The minimum absolute atomic E-state index is 0.000990. The summed E-state index contributed by atoms with van der Waals surface area (Å²) < 4.78 is 5.12. The van der Waals surface area contributed by atoms with Crippen LogP contribution in [0.5, 0.6) is 0 Å². The van der Waals surface area contributed by atoms with Crippen molar-refractivity contribution in [3.05, 3.63) is 11.4 Å². The van der Waals surface area contributed by atoms with E-state index in [9.17, 15) is 0 Å². The first kappa shape index (κ1) is 15.6. The zero-order chi connectivity index (χ0) is 14.3. The van der Waals surface area contributed by atoms with Crippen molar-refractivity contribution in [2.45, 2.75) is 32.7 Å². The molecule has 1 aromatic heterocycles. The van der Waals surface area contributed by atoms with Gasteiger partial charge in [0.2, 0.25) is 0 Å². The van der Waals surface area contributed by atoms with Gasteiger partial charge in [0.15, 0.2) is 0 Å². The molecule has 0 aromatic carbocycles. The molecule has 1 rings (SSSR count). The highest BCUT2D eigenvalue weighted by molar-refractivity contribution is 5.57. The zero-order valence-corrected chi connectivity index (χ0v) is 11.7. The van der Waals surface area contributed by atoms with Gasteiger partial charge in [0.25, 0.3) is 0 Å². The Bertz CT molecular complexity index is 394. The van der Waals surface area contributed by atoms with Crippen molar-refractivity contribution in [2.75, 3.05) is 31.1 Å². The van der Waals surface area contributed by atoms with Gasteiger partial charge >= 0.3 is 0 Å². The monoisotopic (exact) mass is 269 g/mol. The Hall–Kier alpha value is -1.44. The summed E-state index contributed by atoms with van der Waals surface area (Å²) in [4.78, 5) is 8.75. The van der Waals surface area contributed by atoms with Gasteiger partial charge in [-0.1, -0.05) is 6.92 Å². The molecule has 19 heavy (non-hydrogen) atoms. The van der Waals surface area contributed by atoms with Crippen LogP contribution in [0.25, 0.3) is 0 Å². The molecular formula is C12H23N5O2. The van der Waals surface area contributed by atoms with Crippen molar-refractivity contribution in [3.63, 3.8) is 0 Å². The topological polar surface area (TPSA) is 105 Å². The summed E-state index contributed by atoms with van der Waals surface area (Å²) in [5.41, 5.74) is 3.42. The first-order chi connectivity index (χ1) is 9.15. The molecule has 1 heterocycles. The highest BCUT2D eigenvalue weighted by Crippen LogP contribution is 2.20. The maximum absolute atomic E-state index is 9.05. The van der Waals surface area contributed by atoms with Crippen molar-refractivity contribution in [3.8, 4) is 0 Å². The second-order valence-corrected chi connectivity index (χ2v) is 4.27. The number of nitrogens with zero attached hydrogens (tertiary/aromatic N) is 2. The van der Waals surface area contributed by atoms with Gasteiger partial charge in [0, 0.05) is 25.7 Å². The van der Waals surface area contributed by atoms with E-state index in [4.69, 9.17) is 15.7 Å². The molecule has 7 nitrogen and oxygen atoms in total. The summed E-state index contributed by atoms with van der Waals surface area (Å²) in [6, 6.07) is -0.000990. The van der Waals surface area contributed by atoms with Crippen molar-refractivity contribution in [1.29, 1.82) is 0 Å². The highest BCUT2D eigenvalue weighted by atomic mass is 16.5. The number of nitrogen functional groups attached to an aromatic ring is 1. The number of hydrogen-bond donors (Lipinski definition) is 4. The molecule has 1 unspecified atom stereocenters. The lowest BCUT2D eigenvalue weighted by molar-refractivity contribution is 0.170. The fraction of sp³-hybridized carbons (Fsp3) is 0.667. The molecule has 0 amide bonds. The summed E-state index contributed by atoms with van der Waals surface area (Å²) in [6.07, 6.45) is 1.31. The van der Waals surface area contributed by atoms with Crippen LogP contribution in [0.15, 0.2) is 0 Å². The molecule has 0 fully saturated rings. The number of methoxy groups -OCH3 is 1. The predicted octanol–water partition coefficient (Wildman–Crippen LogP) is 0.442. The maximum atomic E-state index is 9.05. The van der Waals surface area contributed by atoms with E-state index in [1.807, 2.05) is 13.8 Å². The molecule has 0 saturated carbocycles. The fourth-order valence-corrected chi connectivity index (χ4v) is 1.75. The van der Waals surface area contributed by atoms with Gasteiger partial charge in [0.1, 0.15) is 17.5 Å². The number of rotatable bonds is 8. The van der Waals surface area contributed by atoms with Crippen molar-refractivity contribution >= 4 is 11.6 Å². The quantitative estimate of drug-likeness (QED) is 0.401. The number of aryl methyl sites for hydroxylation is 1. The van der Waals surface area contributed by atoms with Crippen LogP contribution in [0, 0.1) is 6.92 Å². The number of ether oxygens (including phenoxy) is 1. The summed E-state index contributed by atoms with van der Waals surface area (Å²) in [7, 11) is 1.63. The third-order valence-electron chi connectivity index (χ3n) is 2.83. The Balaban J connectivity index is 2.96. The van der Waals surface area contributed by atoms with E-state index in [1.54, 1.807) is 7.11 Å². The number of nitrogens with two attached hydrogens (primary N) is 1. The largest absolute Gasteiger partial charge is 0.396 e. The lowest BCUT2D eigenvalue weighted by Crippen LogP contribution is -2.28. The van der Waals surface area contributed by atoms with Gasteiger partial charge < -0.3 is 20.6 Å². The van der Waals surface area contributed by atoms with Crippen molar-refractivity contribution < 1.29 is 9.84 Å². The van der Waals surface area contributed by atoms with Gasteiger partial charge in [-0.2, -0.15) is 0 Å². The van der Waals surface area contributed by atoms with Crippen LogP contribution in [0.3, 0.4) is 0 Å². The van der Waals surface area contributed by atoms with Crippen LogP contribution in [0.1, 0.15) is 24.7 Å². The van der Waals surface area contributed by atoms with Crippen LogP contribution in [0.2, 0.25) is 0 Å². The Morgan fingerprint density at radius 3 is 2.58 bits per heavy atom. The lowest BCUT2D eigenvalue weighted by atomic mass is 10.2. The Morgan fingerprint density at radius 1 is 1.37 bits per heavy atom. The minimum atomic E-state index is -0.000990. The number of nitrogens with one attached hydrogen (secondary N) is 2. The summed E-state index contributed by atoms with van der Waals surface area (Å²) in [6.45, 7) is 4.46. The van der Waals surface area contributed by atoms with Gasteiger partial charge in [0.05, 0.1) is 12.6 Å². The van der Waals surface area contributed by atoms with Crippen LogP contribution >= 0.6 is 0 Å². The second-order valence-electron chi connectivity index (χ2n) is 4.27. The summed E-state index contributed by atoms with van der Waals surface area (Å²) >= 11 is 0. The van der Waals surface area contributed by atoms with E-state index >= 15 is 0 Å². The molecule has 5 N–H and O–H groups in total. The average Bonchev–Trinajstić information content (AvgIpc) is 2.41. The molecule has 0 spiro atoms. The normalized spacial score (nSPS) is 12.3. The first-order valence-corrected chi connectivity index (χ1v) is 6.36. The standard InChI is InChI=1S/C12H23N5O2/c1-4-10-15-11(8(2)12(16-10)17-13)14-9(5-6-18)7-19-3/h9,18H,4-7,13H2,1-3H3,(H2,14,15,16,17). The summed E-state index contributed by atoms with van der Waals surface area (Å²) in [5, 5.41) is 12.3. The molecule has 1 atom stereocenters. The smallest absolute Gasteiger partial charge is 0.148 e. The Labute approximate surface area is 113 Å². The molecule has 7 heteroatoms. The SMILES string of the molecule is CCc1nc(NN)c(C)c(NC(CCO)COC)n1. The first-order valence-electron chi connectivity index (χ1n) is 6.36. The summed E-state index contributed by atoms with van der Waals surface area (Å²) in [5.74, 6) is 7.49. The molecule has 1 aromatic rings. The zero-order valence-electron chi connectivity index (χ0n) is 11.7. The van der Waals surface area contributed by atoms with Crippen LogP contribution < -0.4 is 16.6 Å². The van der Waals surface area contributed by atoms with Gasteiger partial charge in [-0.15, -0.1) is 0 Å². The molecule has 0 radical (unpaired) electrons. The number of aliphatic hydroxyl groups is 1. The van der Waals surface area contributed by atoms with Gasteiger partial charge in [-0.25, -0.2) is 15.8 Å². The Kier molecular flexibility index (Phi) is 6.48. The van der Waals surface area contributed by atoms with E-state index in [-0.39, 0.29) is 12.6 Å². The number of anilines is 2. The molecule has 0 bridgehead atoms.